The van der Waals surface area contributed by atoms with E-state index in [-0.39, 0.29) is 68.1 Å². The van der Waals surface area contributed by atoms with Crippen molar-refractivity contribution in [3.63, 3.8) is 0 Å². The van der Waals surface area contributed by atoms with Crippen LogP contribution in [-0.4, -0.2) is 82.8 Å². The van der Waals surface area contributed by atoms with Crippen molar-refractivity contribution in [3.05, 3.63) is 77.1 Å². The molecule has 1 aliphatic rings. The number of benzene rings is 2. The van der Waals surface area contributed by atoms with E-state index in [1.165, 1.54) is 55.8 Å². The molecule has 0 aliphatic carbocycles. The number of hydrogen-bond acceptors (Lipinski definition) is 9. The molecule has 4 aromatic rings. The van der Waals surface area contributed by atoms with Gasteiger partial charge in [-0.05, 0) is 42.0 Å². The SMILES string of the molecule is COC(=O)N[C@H](C(=O)N1C[C@@H](C)C[C@H]1c1nc(-c2ccc(-c3cc(Cl)c(NC(=O)c4ccc(NCCNC(=O)C(C)(C)C)nc4)cc3OC(F)(F)F)cc2)c(F)[nH]1)C(C)C. The molecule has 3 atom stereocenters. The molecule has 322 valence electrons. The first-order valence-electron chi connectivity index (χ1n) is 19.0. The highest BCUT2D eigenvalue weighted by Crippen LogP contribution is 2.41. The number of carbonyl (C=O) groups is 4. The van der Waals surface area contributed by atoms with E-state index in [1.54, 1.807) is 39.5 Å². The van der Waals surface area contributed by atoms with Gasteiger partial charge in [0.2, 0.25) is 17.8 Å². The Kier molecular flexibility index (Phi) is 14.0. The van der Waals surface area contributed by atoms with E-state index in [2.05, 4.69) is 41.0 Å². The second-order valence-corrected chi connectivity index (χ2v) is 16.2. The van der Waals surface area contributed by atoms with Crippen molar-refractivity contribution in [3.8, 4) is 28.1 Å². The Hall–Kier alpha value is -5.91. The van der Waals surface area contributed by atoms with Gasteiger partial charge in [0.1, 0.15) is 29.1 Å². The monoisotopic (exact) mass is 858 g/mol. The van der Waals surface area contributed by atoms with E-state index >= 15 is 4.39 Å². The number of hydrogen-bond donors (Lipinski definition) is 5. The summed E-state index contributed by atoms with van der Waals surface area (Å²) in [5.74, 6) is -2.26. The van der Waals surface area contributed by atoms with Crippen LogP contribution < -0.4 is 26.0 Å². The summed E-state index contributed by atoms with van der Waals surface area (Å²) in [5.41, 5.74) is -0.269. The molecule has 5 rings (SSSR count). The number of imidazole rings is 1. The normalized spacial score (nSPS) is 16.0. The highest BCUT2D eigenvalue weighted by atomic mass is 35.5. The Labute approximate surface area is 349 Å². The number of ether oxygens (including phenoxy) is 2. The summed E-state index contributed by atoms with van der Waals surface area (Å²) in [6.07, 6.45) is -4.13. The minimum absolute atomic E-state index is 0.0402. The van der Waals surface area contributed by atoms with Gasteiger partial charge in [0.05, 0.1) is 29.4 Å². The van der Waals surface area contributed by atoms with Crippen LogP contribution in [0.25, 0.3) is 22.4 Å². The van der Waals surface area contributed by atoms with Crippen molar-refractivity contribution in [2.24, 2.45) is 17.3 Å². The quantitative estimate of drug-likeness (QED) is 0.0659. The molecule has 19 heteroatoms. The lowest BCUT2D eigenvalue weighted by atomic mass is 9.96. The van der Waals surface area contributed by atoms with Gasteiger partial charge in [-0.2, -0.15) is 4.39 Å². The largest absolute Gasteiger partial charge is 0.573 e. The molecule has 1 fully saturated rings. The molecular weight excluding hydrogens is 812 g/mol. The first-order valence-corrected chi connectivity index (χ1v) is 19.4. The van der Waals surface area contributed by atoms with Crippen molar-refractivity contribution in [2.75, 3.05) is 37.4 Å². The third-order valence-corrected chi connectivity index (χ3v) is 9.93. The third-order valence-electron chi connectivity index (χ3n) is 9.61. The van der Waals surface area contributed by atoms with E-state index in [0.717, 1.165) is 6.07 Å². The minimum Gasteiger partial charge on any atom is -0.453 e. The average molecular weight is 859 g/mol. The molecule has 3 heterocycles. The summed E-state index contributed by atoms with van der Waals surface area (Å²) < 4.78 is 65.6. The summed E-state index contributed by atoms with van der Waals surface area (Å²) in [6, 6.07) is 9.42. The van der Waals surface area contributed by atoms with E-state index in [1.807, 2.05) is 6.92 Å². The maximum atomic E-state index is 15.5. The van der Waals surface area contributed by atoms with Crippen molar-refractivity contribution in [2.45, 2.75) is 66.4 Å². The molecule has 2 aromatic heterocycles. The van der Waals surface area contributed by atoms with Crippen LogP contribution >= 0.6 is 11.6 Å². The second kappa shape index (κ2) is 18.6. The number of amides is 4. The van der Waals surface area contributed by atoms with Crippen LogP contribution in [0.3, 0.4) is 0 Å². The number of nitrogens with zero attached hydrogens (tertiary/aromatic N) is 3. The number of anilines is 2. The molecule has 60 heavy (non-hydrogen) atoms. The number of rotatable bonds is 13. The molecule has 2 aromatic carbocycles. The number of aromatic nitrogens is 3. The average Bonchev–Trinajstić information content (AvgIpc) is 3.77. The number of methoxy groups -OCH3 is 1. The maximum Gasteiger partial charge on any atom is 0.573 e. The predicted octanol–water partition coefficient (Wildman–Crippen LogP) is 7.95. The number of aromatic amines is 1. The summed E-state index contributed by atoms with van der Waals surface area (Å²) in [7, 11) is 1.20. The highest BCUT2D eigenvalue weighted by Gasteiger charge is 2.41. The van der Waals surface area contributed by atoms with E-state index in [4.69, 9.17) is 16.3 Å². The van der Waals surface area contributed by atoms with Gasteiger partial charge in [-0.3, -0.25) is 14.4 Å². The van der Waals surface area contributed by atoms with Gasteiger partial charge in [0, 0.05) is 48.4 Å². The van der Waals surface area contributed by atoms with Crippen LogP contribution in [-0.2, 0) is 14.3 Å². The molecule has 1 saturated heterocycles. The predicted molar refractivity (Wildman–Crippen MR) is 217 cm³/mol. The lowest BCUT2D eigenvalue weighted by Gasteiger charge is -2.30. The topological polar surface area (TPSA) is 180 Å². The Bertz CT molecular complexity index is 2190. The fourth-order valence-electron chi connectivity index (χ4n) is 6.50. The number of halogens is 5. The van der Waals surface area contributed by atoms with Gasteiger partial charge in [0.15, 0.2) is 0 Å². The van der Waals surface area contributed by atoms with Crippen LogP contribution in [0.15, 0.2) is 54.7 Å². The molecule has 0 saturated carbocycles. The first kappa shape index (κ1) is 45.2. The molecule has 14 nitrogen and oxygen atoms in total. The number of nitrogens with one attached hydrogen (secondary N) is 5. The lowest BCUT2D eigenvalue weighted by molar-refractivity contribution is -0.274. The van der Waals surface area contributed by atoms with E-state index < -0.39 is 47.6 Å². The van der Waals surface area contributed by atoms with Crippen LogP contribution in [0.4, 0.5) is 33.9 Å². The standard InChI is InChI=1S/C41H47ClF4N8O6/c1-21(2)32(52-39(58)59-7)37(56)54-20-22(3)16-29(54)35-51-33(34(43)53-35)24-10-8-23(9-11-24)26-17-27(42)28(18-30(26)60-41(44,45)46)50-36(55)25-12-13-31(49-19-25)47-14-15-48-38(57)40(4,5)6/h8-13,17-19,21-22,29,32H,14-16,20H2,1-7H3,(H,47,49)(H,48,57)(H,50,55)(H,51,53)(H,52,58)/t22-,29-,32-/m0/s1. The zero-order valence-corrected chi connectivity index (χ0v) is 34.8. The fraction of sp³-hybridized carbons (Fsp3) is 0.415. The van der Waals surface area contributed by atoms with Crippen molar-refractivity contribution in [1.82, 2.24) is 30.5 Å². The molecule has 0 bridgehead atoms. The van der Waals surface area contributed by atoms with Gasteiger partial charge in [-0.25, -0.2) is 14.8 Å². The van der Waals surface area contributed by atoms with Gasteiger partial charge in [0.25, 0.3) is 5.91 Å². The fourth-order valence-corrected chi connectivity index (χ4v) is 6.71. The molecule has 0 unspecified atom stereocenters. The van der Waals surface area contributed by atoms with Gasteiger partial charge < -0.3 is 40.6 Å². The molecule has 0 radical (unpaired) electrons. The van der Waals surface area contributed by atoms with Gasteiger partial charge in [-0.1, -0.05) is 77.4 Å². The zero-order chi connectivity index (χ0) is 44.1. The van der Waals surface area contributed by atoms with Crippen LogP contribution in [0.5, 0.6) is 5.75 Å². The molecule has 4 amide bonds. The van der Waals surface area contributed by atoms with Crippen molar-refractivity contribution >= 4 is 46.9 Å². The van der Waals surface area contributed by atoms with Crippen LogP contribution in [0.1, 0.15) is 70.2 Å². The van der Waals surface area contributed by atoms with Gasteiger partial charge >= 0.3 is 12.5 Å². The van der Waals surface area contributed by atoms with Crippen LogP contribution in [0.2, 0.25) is 5.02 Å². The van der Waals surface area contributed by atoms with E-state index in [9.17, 15) is 32.3 Å². The Morgan fingerprint density at radius 1 is 1.02 bits per heavy atom. The third kappa shape index (κ3) is 11.2. The van der Waals surface area contributed by atoms with Crippen molar-refractivity contribution in [1.29, 1.82) is 0 Å². The lowest BCUT2D eigenvalue weighted by Crippen LogP contribution is -2.51. The molecule has 1 aliphatic heterocycles. The number of H-pyrrole nitrogens is 1. The summed E-state index contributed by atoms with van der Waals surface area (Å²) in [6.45, 7) is 11.9. The maximum absolute atomic E-state index is 15.5. The minimum atomic E-state index is -5.11. The zero-order valence-electron chi connectivity index (χ0n) is 34.0. The number of carbonyl (C=O) groups excluding carboxylic acids is 4. The molecular formula is C41H47ClF4N8O6. The smallest absolute Gasteiger partial charge is 0.453 e. The summed E-state index contributed by atoms with van der Waals surface area (Å²) in [4.78, 5) is 63.7. The second-order valence-electron chi connectivity index (χ2n) is 15.8. The summed E-state index contributed by atoms with van der Waals surface area (Å²) in [5, 5.41) is 10.8. The van der Waals surface area contributed by atoms with Crippen LogP contribution in [0, 0.1) is 23.2 Å². The number of pyridine rings is 1. The number of alkyl halides is 3. The number of alkyl carbamates (subject to hydrolysis) is 1. The highest BCUT2D eigenvalue weighted by molar-refractivity contribution is 6.34. The Morgan fingerprint density at radius 2 is 1.70 bits per heavy atom. The molecule has 0 spiro atoms. The van der Waals surface area contributed by atoms with E-state index in [0.29, 0.717) is 31.9 Å². The Morgan fingerprint density at radius 3 is 2.30 bits per heavy atom. The first-order chi connectivity index (χ1) is 28.1. The molecule has 5 N–H and O–H groups in total. The summed E-state index contributed by atoms with van der Waals surface area (Å²) >= 11 is 6.50. The number of likely N-dealkylation sites (tertiary alicyclic amines) is 1. The van der Waals surface area contributed by atoms with Gasteiger partial charge in [-0.15, -0.1) is 13.2 Å². The Balaban J connectivity index is 1.32. The van der Waals surface area contributed by atoms with Crippen molar-refractivity contribution < 1.29 is 46.2 Å².